The molecule has 0 saturated carbocycles. The first-order chi connectivity index (χ1) is 10.1. The molecule has 0 bridgehead atoms. The second-order valence-corrected chi connectivity index (χ2v) is 5.94. The van der Waals surface area contributed by atoms with E-state index in [0.29, 0.717) is 24.5 Å². The van der Waals surface area contributed by atoms with Crippen molar-refractivity contribution in [2.45, 2.75) is 11.3 Å². The van der Waals surface area contributed by atoms with Gasteiger partial charge in [-0.15, -0.1) is 0 Å². The highest BCUT2D eigenvalue weighted by Gasteiger charge is 2.11. The van der Waals surface area contributed by atoms with E-state index in [2.05, 4.69) is 0 Å². The van der Waals surface area contributed by atoms with Crippen molar-refractivity contribution in [1.29, 1.82) is 0 Å². The number of anilines is 1. The van der Waals surface area contributed by atoms with E-state index in [1.807, 2.05) is 0 Å². The fourth-order valence-corrected chi connectivity index (χ4v) is 2.88. The van der Waals surface area contributed by atoms with Gasteiger partial charge in [-0.2, -0.15) is 0 Å². The SMILES string of the molecule is Nc1cccc(OCCCS(=O)c2cc(F)ccc2F)c1. The second kappa shape index (κ2) is 7.17. The standard InChI is InChI=1S/C15H15F2NO2S/c16-11-5-6-14(17)15(9-11)21(19)8-2-7-20-13-4-1-3-12(18)10-13/h1,3-6,9-10H,2,7-8,18H2. The Balaban J connectivity index is 1.83. The molecule has 0 amide bonds. The van der Waals surface area contributed by atoms with Gasteiger partial charge in [-0.3, -0.25) is 4.21 Å². The minimum atomic E-state index is -1.59. The van der Waals surface area contributed by atoms with Crippen molar-refractivity contribution in [3.8, 4) is 5.75 Å². The number of hydrogen-bond donors (Lipinski definition) is 1. The third-order valence-electron chi connectivity index (χ3n) is 2.74. The summed E-state index contributed by atoms with van der Waals surface area (Å²) < 4.78 is 43.8. The molecule has 2 aromatic rings. The Kier molecular flexibility index (Phi) is 5.27. The number of ether oxygens (including phenoxy) is 1. The smallest absolute Gasteiger partial charge is 0.139 e. The third kappa shape index (κ3) is 4.53. The molecule has 112 valence electrons. The Morgan fingerprint density at radius 1 is 1.14 bits per heavy atom. The van der Waals surface area contributed by atoms with Gasteiger partial charge in [-0.25, -0.2) is 8.78 Å². The largest absolute Gasteiger partial charge is 0.493 e. The molecule has 0 aliphatic rings. The van der Waals surface area contributed by atoms with Crippen LogP contribution in [0.5, 0.6) is 5.75 Å². The maximum absolute atomic E-state index is 13.4. The van der Waals surface area contributed by atoms with Crippen molar-refractivity contribution >= 4 is 16.5 Å². The number of rotatable bonds is 6. The highest BCUT2D eigenvalue weighted by Crippen LogP contribution is 2.16. The Morgan fingerprint density at radius 3 is 2.71 bits per heavy atom. The molecule has 0 saturated heterocycles. The Morgan fingerprint density at radius 2 is 1.95 bits per heavy atom. The van der Waals surface area contributed by atoms with Gasteiger partial charge in [-0.05, 0) is 36.8 Å². The molecule has 0 aromatic heterocycles. The van der Waals surface area contributed by atoms with Crippen molar-refractivity contribution in [1.82, 2.24) is 0 Å². The van der Waals surface area contributed by atoms with Gasteiger partial charge in [0, 0.05) is 17.5 Å². The van der Waals surface area contributed by atoms with Crippen LogP contribution in [0.25, 0.3) is 0 Å². The van der Waals surface area contributed by atoms with Crippen LogP contribution in [0.15, 0.2) is 47.4 Å². The first-order valence-corrected chi connectivity index (χ1v) is 7.70. The minimum absolute atomic E-state index is 0.112. The van der Waals surface area contributed by atoms with E-state index in [-0.39, 0.29) is 10.6 Å². The zero-order valence-electron chi connectivity index (χ0n) is 11.2. The van der Waals surface area contributed by atoms with Gasteiger partial charge in [0.2, 0.25) is 0 Å². The third-order valence-corrected chi connectivity index (χ3v) is 4.20. The predicted molar refractivity (Wildman–Crippen MR) is 78.6 cm³/mol. The van der Waals surface area contributed by atoms with Crippen molar-refractivity contribution in [2.75, 3.05) is 18.1 Å². The molecular formula is C15H15F2NO2S. The topological polar surface area (TPSA) is 52.3 Å². The van der Waals surface area contributed by atoms with Crippen LogP contribution in [-0.2, 0) is 10.8 Å². The lowest BCUT2D eigenvalue weighted by atomic mass is 10.3. The van der Waals surface area contributed by atoms with Crippen molar-refractivity contribution < 1.29 is 17.7 Å². The van der Waals surface area contributed by atoms with E-state index in [9.17, 15) is 13.0 Å². The van der Waals surface area contributed by atoms with Crippen LogP contribution in [0.1, 0.15) is 6.42 Å². The molecule has 2 rings (SSSR count). The maximum Gasteiger partial charge on any atom is 0.139 e. The summed E-state index contributed by atoms with van der Waals surface area (Å²) in [4.78, 5) is -0.112. The predicted octanol–water partition coefficient (Wildman–Crippen LogP) is 3.12. The van der Waals surface area contributed by atoms with Crippen LogP contribution in [-0.4, -0.2) is 16.6 Å². The van der Waals surface area contributed by atoms with Crippen LogP contribution >= 0.6 is 0 Å². The Bertz CT molecular complexity index is 649. The summed E-state index contributed by atoms with van der Waals surface area (Å²) in [5, 5.41) is 0. The summed E-state index contributed by atoms with van der Waals surface area (Å²) >= 11 is 0. The van der Waals surface area contributed by atoms with E-state index in [4.69, 9.17) is 10.5 Å². The molecule has 0 spiro atoms. The summed E-state index contributed by atoms with van der Waals surface area (Å²) in [7, 11) is -1.59. The molecule has 0 radical (unpaired) electrons. The van der Waals surface area contributed by atoms with Gasteiger partial charge in [0.25, 0.3) is 0 Å². The highest BCUT2D eigenvalue weighted by molar-refractivity contribution is 7.85. The molecule has 6 heteroatoms. The van der Waals surface area contributed by atoms with Gasteiger partial charge >= 0.3 is 0 Å². The average molecular weight is 311 g/mol. The summed E-state index contributed by atoms with van der Waals surface area (Å²) in [5.74, 6) is -0.442. The molecular weight excluding hydrogens is 296 g/mol. The van der Waals surface area contributed by atoms with E-state index in [1.165, 1.54) is 0 Å². The van der Waals surface area contributed by atoms with Crippen LogP contribution in [0, 0.1) is 11.6 Å². The zero-order valence-corrected chi connectivity index (χ0v) is 12.0. The zero-order chi connectivity index (χ0) is 15.2. The van der Waals surface area contributed by atoms with Gasteiger partial charge in [0.1, 0.15) is 17.4 Å². The molecule has 1 atom stereocenters. The number of halogens is 2. The lowest BCUT2D eigenvalue weighted by Gasteiger charge is -2.07. The van der Waals surface area contributed by atoms with Crippen LogP contribution in [0.4, 0.5) is 14.5 Å². The molecule has 0 heterocycles. The quantitative estimate of drug-likeness (QED) is 0.659. The monoisotopic (exact) mass is 311 g/mol. The molecule has 3 nitrogen and oxygen atoms in total. The first-order valence-electron chi connectivity index (χ1n) is 6.38. The number of nitrogen functional groups attached to an aromatic ring is 1. The summed E-state index contributed by atoms with van der Waals surface area (Å²) in [6.45, 7) is 0.326. The first kappa shape index (κ1) is 15.4. The lowest BCUT2D eigenvalue weighted by Crippen LogP contribution is -2.06. The molecule has 0 aliphatic heterocycles. The van der Waals surface area contributed by atoms with Gasteiger partial charge in [0.15, 0.2) is 0 Å². The van der Waals surface area contributed by atoms with Crippen LogP contribution < -0.4 is 10.5 Å². The summed E-state index contributed by atoms with van der Waals surface area (Å²) in [6.07, 6.45) is 0.456. The summed E-state index contributed by atoms with van der Waals surface area (Å²) in [6, 6.07) is 9.90. The summed E-state index contributed by atoms with van der Waals surface area (Å²) in [5.41, 5.74) is 6.21. The van der Waals surface area contributed by atoms with Crippen molar-refractivity contribution in [3.63, 3.8) is 0 Å². The highest BCUT2D eigenvalue weighted by atomic mass is 32.2. The van der Waals surface area contributed by atoms with Crippen LogP contribution in [0.3, 0.4) is 0 Å². The van der Waals surface area contributed by atoms with Crippen LogP contribution in [0.2, 0.25) is 0 Å². The van der Waals surface area contributed by atoms with Gasteiger partial charge < -0.3 is 10.5 Å². The minimum Gasteiger partial charge on any atom is -0.493 e. The number of nitrogens with two attached hydrogens (primary N) is 1. The molecule has 0 fully saturated rings. The fourth-order valence-electron chi connectivity index (χ4n) is 1.75. The normalized spacial score (nSPS) is 12.1. The molecule has 21 heavy (non-hydrogen) atoms. The van der Waals surface area contributed by atoms with Crippen molar-refractivity contribution in [2.24, 2.45) is 0 Å². The molecule has 0 aliphatic carbocycles. The Hall–Kier alpha value is -1.95. The number of benzene rings is 2. The molecule has 1 unspecified atom stereocenters. The molecule has 2 N–H and O–H groups in total. The van der Waals surface area contributed by atoms with E-state index in [0.717, 1.165) is 18.2 Å². The maximum atomic E-state index is 13.4. The van der Waals surface area contributed by atoms with Crippen molar-refractivity contribution in [3.05, 3.63) is 54.1 Å². The van der Waals surface area contributed by atoms with Gasteiger partial charge in [-0.1, -0.05) is 6.07 Å². The van der Waals surface area contributed by atoms with E-state index < -0.39 is 22.4 Å². The number of hydrogen-bond acceptors (Lipinski definition) is 3. The fraction of sp³-hybridized carbons (Fsp3) is 0.200. The average Bonchev–Trinajstić information content (AvgIpc) is 2.46. The molecule has 2 aromatic carbocycles. The van der Waals surface area contributed by atoms with E-state index >= 15 is 0 Å². The van der Waals surface area contributed by atoms with E-state index in [1.54, 1.807) is 24.3 Å². The van der Waals surface area contributed by atoms with Gasteiger partial charge in [0.05, 0.1) is 22.3 Å². The lowest BCUT2D eigenvalue weighted by molar-refractivity contribution is 0.318. The second-order valence-electron chi connectivity index (χ2n) is 4.40. The Labute approximate surface area is 124 Å².